The van der Waals surface area contributed by atoms with Gasteiger partial charge in [-0.1, -0.05) is 42.5 Å². The number of aryl methyl sites for hydroxylation is 1. The van der Waals surface area contributed by atoms with Crippen LogP contribution in [0.3, 0.4) is 0 Å². The van der Waals surface area contributed by atoms with Crippen molar-refractivity contribution >= 4 is 28.6 Å². The van der Waals surface area contributed by atoms with Crippen molar-refractivity contribution in [2.45, 2.75) is 6.92 Å². The Morgan fingerprint density at radius 1 is 0.971 bits per heavy atom. The van der Waals surface area contributed by atoms with E-state index in [1.807, 2.05) is 49.4 Å². The first-order chi connectivity index (χ1) is 16.4. The summed E-state index contributed by atoms with van der Waals surface area (Å²) in [6, 6.07) is 19.6. The van der Waals surface area contributed by atoms with Gasteiger partial charge in [0, 0.05) is 27.8 Å². The highest BCUT2D eigenvalue weighted by molar-refractivity contribution is 7.15. The number of nitro benzene ring substituents is 1. The van der Waals surface area contributed by atoms with Gasteiger partial charge >= 0.3 is 0 Å². The van der Waals surface area contributed by atoms with Crippen molar-refractivity contribution in [1.29, 1.82) is 0 Å². The molecule has 0 bridgehead atoms. The number of ether oxygens (including phenoxy) is 2. The zero-order valence-electron chi connectivity index (χ0n) is 18.7. The van der Waals surface area contributed by atoms with Gasteiger partial charge in [-0.2, -0.15) is 0 Å². The van der Waals surface area contributed by atoms with Crippen LogP contribution in [0.1, 0.15) is 15.2 Å². The second-order valence-corrected chi connectivity index (χ2v) is 8.51. The summed E-state index contributed by atoms with van der Waals surface area (Å²) in [6.45, 7) is 2.02. The molecule has 4 rings (SSSR count). The number of methoxy groups -OCH3 is 2. The van der Waals surface area contributed by atoms with Gasteiger partial charge in [0.2, 0.25) is 0 Å². The molecule has 0 aliphatic rings. The van der Waals surface area contributed by atoms with Crippen molar-refractivity contribution in [2.75, 3.05) is 19.5 Å². The molecule has 172 valence electrons. The third kappa shape index (κ3) is 4.60. The van der Waals surface area contributed by atoms with Crippen LogP contribution in [0, 0.1) is 17.0 Å². The smallest absolute Gasteiger partial charge is 0.286 e. The fourth-order valence-electron chi connectivity index (χ4n) is 3.48. The van der Waals surface area contributed by atoms with Crippen LogP contribution in [0.15, 0.2) is 66.7 Å². The Labute approximate surface area is 200 Å². The van der Waals surface area contributed by atoms with Gasteiger partial charge in [-0.25, -0.2) is 4.98 Å². The van der Waals surface area contributed by atoms with Crippen LogP contribution in [-0.2, 0) is 0 Å². The largest absolute Gasteiger partial charge is 0.493 e. The summed E-state index contributed by atoms with van der Waals surface area (Å²) in [4.78, 5) is 29.6. The molecule has 34 heavy (non-hydrogen) atoms. The summed E-state index contributed by atoms with van der Waals surface area (Å²) in [5, 5.41) is 15.2. The monoisotopic (exact) mass is 475 g/mol. The van der Waals surface area contributed by atoms with Crippen LogP contribution in [0.25, 0.3) is 21.8 Å². The summed E-state index contributed by atoms with van der Waals surface area (Å²) in [6.07, 6.45) is 0. The number of benzene rings is 3. The minimum absolute atomic E-state index is 0.130. The highest BCUT2D eigenvalue weighted by Gasteiger charge is 2.24. The average molecular weight is 476 g/mol. The van der Waals surface area contributed by atoms with Crippen LogP contribution in [0.5, 0.6) is 11.5 Å². The molecular formula is C25H21N3O5S. The van der Waals surface area contributed by atoms with Gasteiger partial charge in [-0.15, -0.1) is 11.3 Å². The number of thiazole rings is 1. The van der Waals surface area contributed by atoms with Gasteiger partial charge in [0.25, 0.3) is 11.6 Å². The lowest BCUT2D eigenvalue weighted by Crippen LogP contribution is -2.14. The number of carbonyl (C=O) groups excluding carboxylic acids is 1. The Morgan fingerprint density at radius 2 is 1.62 bits per heavy atom. The molecule has 1 aromatic heterocycles. The molecule has 0 unspecified atom stereocenters. The van der Waals surface area contributed by atoms with Crippen LogP contribution in [0.4, 0.5) is 11.4 Å². The molecule has 0 fully saturated rings. The van der Waals surface area contributed by atoms with E-state index < -0.39 is 10.8 Å². The van der Waals surface area contributed by atoms with E-state index in [0.29, 0.717) is 5.69 Å². The Bertz CT molecular complexity index is 1350. The molecule has 3 aromatic carbocycles. The molecular weight excluding hydrogens is 454 g/mol. The van der Waals surface area contributed by atoms with Crippen molar-refractivity contribution < 1.29 is 19.2 Å². The molecule has 0 atom stereocenters. The first-order valence-corrected chi connectivity index (χ1v) is 11.1. The maximum atomic E-state index is 12.9. The lowest BCUT2D eigenvalue weighted by Gasteiger charge is -2.11. The second-order valence-electron chi connectivity index (χ2n) is 7.30. The predicted octanol–water partition coefficient (Wildman–Crippen LogP) is 5.96. The normalized spacial score (nSPS) is 10.6. The van der Waals surface area contributed by atoms with E-state index in [9.17, 15) is 14.9 Å². The molecule has 9 heteroatoms. The summed E-state index contributed by atoms with van der Waals surface area (Å²) >= 11 is 1.62. The lowest BCUT2D eigenvalue weighted by atomic mass is 10.1. The third-order valence-electron chi connectivity index (χ3n) is 5.18. The second kappa shape index (κ2) is 9.72. The summed E-state index contributed by atoms with van der Waals surface area (Å²) in [5.41, 5.74) is 2.83. The number of carbonyl (C=O) groups is 1. The molecule has 8 nitrogen and oxygen atoms in total. The minimum atomic E-state index is -0.630. The van der Waals surface area contributed by atoms with E-state index in [2.05, 4.69) is 5.32 Å². The number of amides is 1. The number of nitrogens with zero attached hydrogens (tertiary/aromatic N) is 2. The quantitative estimate of drug-likeness (QED) is 0.261. The maximum Gasteiger partial charge on any atom is 0.286 e. The first-order valence-electron chi connectivity index (χ1n) is 10.3. The number of hydrogen-bond donors (Lipinski definition) is 1. The zero-order valence-corrected chi connectivity index (χ0v) is 19.5. The average Bonchev–Trinajstić information content (AvgIpc) is 3.25. The zero-order chi connectivity index (χ0) is 24.2. The standard InChI is InChI=1S/C25H21N3O5S/c1-15-23(27-25(34-15)17-7-5-4-6-8-17)16-9-11-18(12-10-16)26-24(29)19-13-21(32-2)22(33-3)14-20(19)28(30)31/h4-14H,1-3H3,(H,26,29). The van der Waals surface area contributed by atoms with Gasteiger partial charge in [-0.05, 0) is 19.1 Å². The SMILES string of the molecule is COc1cc(C(=O)Nc2ccc(-c3nc(-c4ccccc4)sc3C)cc2)c([N+](=O)[O-])cc1OC. The van der Waals surface area contributed by atoms with Crippen molar-refractivity contribution in [3.05, 3.63) is 87.3 Å². The van der Waals surface area contributed by atoms with E-state index in [4.69, 9.17) is 14.5 Å². The summed E-state index contributed by atoms with van der Waals surface area (Å²) < 4.78 is 10.3. The number of rotatable bonds is 7. The van der Waals surface area contributed by atoms with E-state index in [1.54, 1.807) is 23.5 Å². The van der Waals surface area contributed by atoms with Crippen molar-refractivity contribution in [2.24, 2.45) is 0 Å². The Morgan fingerprint density at radius 3 is 2.24 bits per heavy atom. The molecule has 0 aliphatic carbocycles. The van der Waals surface area contributed by atoms with Gasteiger partial charge in [0.05, 0.1) is 30.9 Å². The molecule has 0 saturated carbocycles. The first kappa shape index (κ1) is 22.9. The predicted molar refractivity (Wildman–Crippen MR) is 132 cm³/mol. The highest BCUT2D eigenvalue weighted by Crippen LogP contribution is 2.36. The fourth-order valence-corrected chi connectivity index (χ4v) is 4.42. The van der Waals surface area contributed by atoms with Gasteiger partial charge in [-0.3, -0.25) is 14.9 Å². The van der Waals surface area contributed by atoms with Crippen molar-refractivity contribution in [3.63, 3.8) is 0 Å². The third-order valence-corrected chi connectivity index (χ3v) is 6.20. The molecule has 1 N–H and O–H groups in total. The maximum absolute atomic E-state index is 12.9. The van der Waals surface area contributed by atoms with Crippen molar-refractivity contribution in [1.82, 2.24) is 4.98 Å². The van der Waals surface area contributed by atoms with Gasteiger partial charge < -0.3 is 14.8 Å². The molecule has 0 spiro atoms. The van der Waals surface area contributed by atoms with Crippen molar-refractivity contribution in [3.8, 4) is 33.3 Å². The topological polar surface area (TPSA) is 104 Å². The molecule has 0 saturated heterocycles. The Kier molecular flexibility index (Phi) is 6.55. The van der Waals surface area contributed by atoms with Gasteiger partial charge in [0.15, 0.2) is 11.5 Å². The molecule has 1 amide bonds. The highest BCUT2D eigenvalue weighted by atomic mass is 32.1. The van der Waals surface area contributed by atoms with E-state index in [-0.39, 0.29) is 22.7 Å². The minimum Gasteiger partial charge on any atom is -0.493 e. The number of anilines is 1. The van der Waals surface area contributed by atoms with Crippen LogP contribution < -0.4 is 14.8 Å². The number of nitro groups is 1. The molecule has 4 aromatic rings. The fraction of sp³-hybridized carbons (Fsp3) is 0.120. The van der Waals surface area contributed by atoms with E-state index >= 15 is 0 Å². The number of hydrogen-bond acceptors (Lipinski definition) is 7. The molecule has 1 heterocycles. The molecule has 0 aliphatic heterocycles. The summed E-state index contributed by atoms with van der Waals surface area (Å²) in [5.74, 6) is -0.234. The Hall–Kier alpha value is -4.24. The summed E-state index contributed by atoms with van der Waals surface area (Å²) in [7, 11) is 2.77. The Balaban J connectivity index is 1.58. The van der Waals surface area contributed by atoms with E-state index in [0.717, 1.165) is 26.7 Å². The van der Waals surface area contributed by atoms with Gasteiger partial charge in [0.1, 0.15) is 10.6 Å². The van der Waals surface area contributed by atoms with E-state index in [1.165, 1.54) is 26.4 Å². The molecule has 0 radical (unpaired) electrons. The van der Waals surface area contributed by atoms with Crippen LogP contribution in [-0.4, -0.2) is 30.0 Å². The lowest BCUT2D eigenvalue weighted by molar-refractivity contribution is -0.385. The number of nitrogens with one attached hydrogen (secondary N) is 1. The number of aromatic nitrogens is 1. The van der Waals surface area contributed by atoms with Crippen LogP contribution in [0.2, 0.25) is 0 Å². The van der Waals surface area contributed by atoms with Crippen LogP contribution >= 0.6 is 11.3 Å².